The molecule has 4 aliphatic rings. The third-order valence-corrected chi connectivity index (χ3v) is 7.07. The van der Waals surface area contributed by atoms with Gasteiger partial charge in [0, 0.05) is 19.0 Å². The molecular formula is C22H26N2O2. The second-order valence-electron chi connectivity index (χ2n) is 9.18. The molecule has 136 valence electrons. The monoisotopic (exact) mass is 350 g/mol. The minimum atomic E-state index is -0.186. The fraction of sp³-hybridized carbons (Fsp3) is 0.545. The molecular weight excluding hydrogens is 324 g/mol. The first-order valence-corrected chi connectivity index (χ1v) is 9.89. The summed E-state index contributed by atoms with van der Waals surface area (Å²) in [7, 11) is 1.90. The van der Waals surface area contributed by atoms with Crippen molar-refractivity contribution in [2.45, 2.75) is 38.5 Å². The maximum Gasteiger partial charge on any atom is 0.270 e. The molecule has 26 heavy (non-hydrogen) atoms. The minimum absolute atomic E-state index is 0.0661. The molecule has 1 aromatic heterocycles. The van der Waals surface area contributed by atoms with Gasteiger partial charge in [0.15, 0.2) is 0 Å². The first-order valence-electron chi connectivity index (χ1n) is 9.89. The summed E-state index contributed by atoms with van der Waals surface area (Å²) in [5, 5.41) is 1.45. The number of benzene rings is 1. The van der Waals surface area contributed by atoms with Gasteiger partial charge in [-0.3, -0.25) is 9.59 Å². The van der Waals surface area contributed by atoms with Gasteiger partial charge in [0.25, 0.3) is 11.5 Å². The number of hydrogen-bond donors (Lipinski definition) is 1. The van der Waals surface area contributed by atoms with Crippen LogP contribution in [0.1, 0.15) is 49.0 Å². The SMILES string of the molecule is CN(CC12CC3CC(CC(C3)C1)C2)C(=O)c1cc2ccccc2c(=O)[nH]1. The molecule has 4 saturated carbocycles. The van der Waals surface area contributed by atoms with Gasteiger partial charge in [-0.1, -0.05) is 18.2 Å². The lowest BCUT2D eigenvalue weighted by atomic mass is 9.49. The van der Waals surface area contributed by atoms with E-state index in [-0.39, 0.29) is 11.5 Å². The van der Waals surface area contributed by atoms with Gasteiger partial charge in [0.1, 0.15) is 5.69 Å². The Morgan fingerprint density at radius 2 is 1.73 bits per heavy atom. The molecule has 1 heterocycles. The van der Waals surface area contributed by atoms with Gasteiger partial charge in [0.2, 0.25) is 0 Å². The first-order chi connectivity index (χ1) is 12.5. The Bertz CT molecular complexity index is 894. The molecule has 0 radical (unpaired) electrons. The van der Waals surface area contributed by atoms with Crippen LogP contribution in [-0.2, 0) is 0 Å². The minimum Gasteiger partial charge on any atom is -0.340 e. The molecule has 4 nitrogen and oxygen atoms in total. The standard InChI is InChI=1S/C22H26N2O2/c1-24(13-22-10-14-6-15(11-22)8-16(7-14)12-22)21(26)19-9-17-4-2-3-5-18(17)20(25)23-19/h2-5,9,14-16H,6-8,10-13H2,1H3,(H,23,25). The van der Waals surface area contributed by atoms with Gasteiger partial charge >= 0.3 is 0 Å². The predicted molar refractivity (Wildman–Crippen MR) is 102 cm³/mol. The number of aromatic nitrogens is 1. The van der Waals surface area contributed by atoms with Crippen LogP contribution in [-0.4, -0.2) is 29.4 Å². The van der Waals surface area contributed by atoms with E-state index in [0.29, 0.717) is 16.5 Å². The Morgan fingerprint density at radius 1 is 1.12 bits per heavy atom. The Kier molecular flexibility index (Phi) is 3.53. The molecule has 0 unspecified atom stereocenters. The molecule has 1 aromatic carbocycles. The number of hydrogen-bond acceptors (Lipinski definition) is 2. The van der Waals surface area contributed by atoms with Crippen LogP contribution in [0, 0.1) is 23.2 Å². The summed E-state index contributed by atoms with van der Waals surface area (Å²) in [6.07, 6.45) is 8.08. The number of nitrogens with zero attached hydrogens (tertiary/aromatic N) is 1. The topological polar surface area (TPSA) is 53.2 Å². The number of aromatic amines is 1. The summed E-state index contributed by atoms with van der Waals surface area (Å²) >= 11 is 0. The van der Waals surface area contributed by atoms with E-state index in [4.69, 9.17) is 0 Å². The van der Waals surface area contributed by atoms with E-state index in [2.05, 4.69) is 4.98 Å². The van der Waals surface area contributed by atoms with E-state index < -0.39 is 0 Å². The molecule has 0 saturated heterocycles. The highest BCUT2D eigenvalue weighted by molar-refractivity contribution is 5.96. The quantitative estimate of drug-likeness (QED) is 0.915. The summed E-state index contributed by atoms with van der Waals surface area (Å²) in [5.41, 5.74) is 0.534. The van der Waals surface area contributed by atoms with Gasteiger partial charge < -0.3 is 9.88 Å². The smallest absolute Gasteiger partial charge is 0.270 e. The lowest BCUT2D eigenvalue weighted by molar-refractivity contribution is -0.0629. The zero-order chi connectivity index (χ0) is 17.9. The second-order valence-corrected chi connectivity index (χ2v) is 9.18. The highest BCUT2D eigenvalue weighted by Crippen LogP contribution is 2.60. The van der Waals surface area contributed by atoms with E-state index in [0.717, 1.165) is 29.7 Å². The highest BCUT2D eigenvalue weighted by atomic mass is 16.2. The van der Waals surface area contributed by atoms with Gasteiger partial charge in [0.05, 0.1) is 0 Å². The lowest BCUT2D eigenvalue weighted by Crippen LogP contribution is -2.51. The van der Waals surface area contributed by atoms with Gasteiger partial charge in [-0.05, 0) is 79.2 Å². The zero-order valence-electron chi connectivity index (χ0n) is 15.3. The van der Waals surface area contributed by atoms with Crippen LogP contribution in [0.5, 0.6) is 0 Å². The molecule has 6 rings (SSSR count). The number of pyridine rings is 1. The van der Waals surface area contributed by atoms with Crippen molar-refractivity contribution in [1.82, 2.24) is 9.88 Å². The fourth-order valence-corrected chi connectivity index (χ4v) is 6.59. The van der Waals surface area contributed by atoms with E-state index in [1.54, 1.807) is 6.07 Å². The molecule has 1 amide bonds. The van der Waals surface area contributed by atoms with Gasteiger partial charge in [-0.25, -0.2) is 0 Å². The average Bonchev–Trinajstić information content (AvgIpc) is 2.59. The van der Waals surface area contributed by atoms with Crippen molar-refractivity contribution in [3.05, 3.63) is 46.4 Å². The molecule has 4 heteroatoms. The van der Waals surface area contributed by atoms with Crippen molar-refractivity contribution in [3.8, 4) is 0 Å². The van der Waals surface area contributed by atoms with Crippen LogP contribution < -0.4 is 5.56 Å². The predicted octanol–water partition coefficient (Wildman–Crippen LogP) is 3.82. The number of fused-ring (bicyclic) bond motifs is 1. The number of nitrogens with one attached hydrogen (secondary N) is 1. The zero-order valence-corrected chi connectivity index (χ0v) is 15.3. The van der Waals surface area contributed by atoms with Crippen LogP contribution >= 0.6 is 0 Å². The van der Waals surface area contributed by atoms with Crippen LogP contribution in [0.15, 0.2) is 35.1 Å². The normalized spacial score (nSPS) is 32.1. The van der Waals surface area contributed by atoms with Crippen LogP contribution in [0.3, 0.4) is 0 Å². The number of H-pyrrole nitrogens is 1. The maximum absolute atomic E-state index is 13.0. The first kappa shape index (κ1) is 16.1. The molecule has 2 aromatic rings. The summed E-state index contributed by atoms with van der Waals surface area (Å²) < 4.78 is 0. The van der Waals surface area contributed by atoms with Crippen molar-refractivity contribution in [2.24, 2.45) is 23.2 Å². The molecule has 0 aliphatic heterocycles. The number of rotatable bonds is 3. The van der Waals surface area contributed by atoms with Gasteiger partial charge in [-0.15, -0.1) is 0 Å². The van der Waals surface area contributed by atoms with Crippen molar-refractivity contribution in [2.75, 3.05) is 13.6 Å². The molecule has 1 N–H and O–H groups in total. The molecule has 0 spiro atoms. The summed E-state index contributed by atoms with van der Waals surface area (Å²) in [6.45, 7) is 0.824. The van der Waals surface area contributed by atoms with Crippen molar-refractivity contribution in [1.29, 1.82) is 0 Å². The largest absolute Gasteiger partial charge is 0.340 e. The van der Waals surface area contributed by atoms with Crippen LogP contribution in [0.2, 0.25) is 0 Å². The molecule has 0 atom stereocenters. The Hall–Kier alpha value is -2.10. The fourth-order valence-electron chi connectivity index (χ4n) is 6.59. The maximum atomic E-state index is 13.0. The second kappa shape index (κ2) is 5.70. The van der Waals surface area contributed by atoms with Crippen molar-refractivity contribution >= 4 is 16.7 Å². The number of carbonyl (C=O) groups is 1. The summed E-state index contributed by atoms with van der Waals surface area (Å²) in [5.74, 6) is 2.57. The Balaban J connectivity index is 1.40. The highest BCUT2D eigenvalue weighted by Gasteiger charge is 2.51. The van der Waals surface area contributed by atoms with E-state index >= 15 is 0 Å². The third kappa shape index (κ3) is 2.58. The van der Waals surface area contributed by atoms with Crippen LogP contribution in [0.25, 0.3) is 10.8 Å². The van der Waals surface area contributed by atoms with E-state index in [1.165, 1.54) is 38.5 Å². The van der Waals surface area contributed by atoms with Gasteiger partial charge in [-0.2, -0.15) is 0 Å². The van der Waals surface area contributed by atoms with E-state index in [9.17, 15) is 9.59 Å². The lowest BCUT2D eigenvalue weighted by Gasteiger charge is -2.57. The molecule has 4 aliphatic carbocycles. The summed E-state index contributed by atoms with van der Waals surface area (Å²) in [6, 6.07) is 9.24. The summed E-state index contributed by atoms with van der Waals surface area (Å²) in [4.78, 5) is 30.0. The van der Waals surface area contributed by atoms with E-state index in [1.807, 2.05) is 36.2 Å². The third-order valence-electron chi connectivity index (χ3n) is 7.07. The Morgan fingerprint density at radius 3 is 2.38 bits per heavy atom. The van der Waals surface area contributed by atoms with Crippen molar-refractivity contribution < 1.29 is 4.79 Å². The van der Waals surface area contributed by atoms with Crippen molar-refractivity contribution in [3.63, 3.8) is 0 Å². The molecule has 4 bridgehead atoms. The Labute approximate surface area is 153 Å². The average molecular weight is 350 g/mol. The molecule has 4 fully saturated rings. The number of carbonyl (C=O) groups excluding carboxylic acids is 1. The number of amides is 1. The van der Waals surface area contributed by atoms with Crippen LogP contribution in [0.4, 0.5) is 0 Å².